The third kappa shape index (κ3) is 18.3. The Balaban J connectivity index is 0.000000180. The Labute approximate surface area is 509 Å². The van der Waals surface area contributed by atoms with E-state index < -0.39 is 26.7 Å². The lowest BCUT2D eigenvalue weighted by atomic mass is 9.89. The third-order valence-corrected chi connectivity index (χ3v) is 18.2. The number of nitrogen functional groups attached to an aromatic ring is 4. The Kier molecular flexibility index (Phi) is 23.0. The van der Waals surface area contributed by atoms with Crippen LogP contribution in [0.25, 0.3) is 5.57 Å². The van der Waals surface area contributed by atoms with Crippen LogP contribution in [0.2, 0.25) is 0 Å². The van der Waals surface area contributed by atoms with Crippen LogP contribution < -0.4 is 33.0 Å². The van der Waals surface area contributed by atoms with Crippen molar-refractivity contribution in [3.8, 4) is 0 Å². The van der Waals surface area contributed by atoms with Crippen LogP contribution >= 0.6 is 0 Å². The van der Waals surface area contributed by atoms with Gasteiger partial charge in [-0.15, -0.1) is 0 Å². The number of nitrogens with two attached hydrogens (primary N) is 4. The molecule has 13 heteroatoms. The van der Waals surface area contributed by atoms with E-state index in [4.69, 9.17) is 27.4 Å². The van der Waals surface area contributed by atoms with Crippen LogP contribution in [0.1, 0.15) is 250 Å². The summed E-state index contributed by atoms with van der Waals surface area (Å²) in [7, 11) is -4.23. The van der Waals surface area contributed by atoms with E-state index in [1.165, 1.54) is 79.0 Å². The van der Waals surface area contributed by atoms with Gasteiger partial charge in [-0.3, -0.25) is 4.79 Å². The van der Waals surface area contributed by atoms with Crippen molar-refractivity contribution in [3.05, 3.63) is 172 Å². The second-order valence-corrected chi connectivity index (χ2v) is 27.8. The molecule has 85 heavy (non-hydrogen) atoms. The van der Waals surface area contributed by atoms with E-state index in [1.807, 2.05) is 73.2 Å². The number of furan rings is 1. The minimum Gasteiger partial charge on any atom is -0.451 e. The second kappa shape index (κ2) is 29.0. The molecule has 5 aromatic carbocycles. The number of para-hydroxylation sites is 5. The molecule has 4 saturated carbocycles. The Hall–Kier alpha value is -6.83. The van der Waals surface area contributed by atoms with Crippen molar-refractivity contribution in [2.75, 3.05) is 28.3 Å². The van der Waals surface area contributed by atoms with Gasteiger partial charge in [-0.1, -0.05) is 175 Å². The van der Waals surface area contributed by atoms with Gasteiger partial charge in [0.15, 0.2) is 5.78 Å². The van der Waals surface area contributed by atoms with Crippen LogP contribution in [0.4, 0.5) is 33.2 Å². The topological polar surface area (TPSA) is 230 Å². The molecule has 4 aliphatic rings. The first kappa shape index (κ1) is 67.3. The lowest BCUT2D eigenvalue weighted by Crippen LogP contribution is -2.35. The molecule has 6 aromatic rings. The van der Waals surface area contributed by atoms with E-state index in [1.54, 1.807) is 0 Å². The third-order valence-electron chi connectivity index (χ3n) is 17.0. The van der Waals surface area contributed by atoms with Gasteiger partial charge in [0, 0.05) is 57.1 Å². The maximum Gasteiger partial charge on any atom is 0.333 e. The standard InChI is InChI=1S/C22H30N2O5S.C14H21N.C14H19N.C13H17NO.C9H13N/c1-13(2)17-7-6-8-18(14(3)15-9-10-15)20(17)23-21(25)24-30(27,28)19-11-16(12-29-19)22(4,5)26;2*1-9(2)12-5-4-6-13(14(12)15)10(3)11-7-8-11;1-8(2)10-4-3-5-11(12(10)14)13(15)9-6-7-9;1-7(2)8-5-3-4-6-9(8)10/h6-8,11-15,26H,9-10H2,1-5H3,(H2,23,24,25);4-6,9-11H,7-8,15H2,1-3H3;4-6,9,11H,3,7-8,15H2,1-2H3;3-5,8-9H,6-7,14H2,1-2H3;3-7H,10H2,1-2H3/t14-;10-;;;/m00.../s1. The number of amides is 2. The number of aliphatic hydroxyl groups is 1. The van der Waals surface area contributed by atoms with Gasteiger partial charge >= 0.3 is 6.03 Å². The number of ketones is 1. The first-order valence-electron chi connectivity index (χ1n) is 30.9. The zero-order valence-electron chi connectivity index (χ0n) is 53.3. The van der Waals surface area contributed by atoms with E-state index >= 15 is 0 Å². The summed E-state index contributed by atoms with van der Waals surface area (Å²) in [4.78, 5) is 24.6. The monoisotopic (exact) mass is 1180 g/mol. The normalized spacial score (nSPS) is 15.5. The van der Waals surface area contributed by atoms with Crippen molar-refractivity contribution in [1.29, 1.82) is 0 Å². The van der Waals surface area contributed by atoms with E-state index in [-0.39, 0.29) is 23.5 Å². The zero-order chi connectivity index (χ0) is 62.8. The first-order valence-corrected chi connectivity index (χ1v) is 32.4. The minimum absolute atomic E-state index is 0.155. The van der Waals surface area contributed by atoms with Gasteiger partial charge < -0.3 is 37.8 Å². The molecule has 460 valence electrons. The molecule has 1 aromatic heterocycles. The van der Waals surface area contributed by atoms with Gasteiger partial charge in [0.1, 0.15) is 0 Å². The van der Waals surface area contributed by atoms with Gasteiger partial charge in [0.25, 0.3) is 10.0 Å². The molecule has 1 heterocycles. The number of sulfonamides is 1. The molecule has 0 aliphatic heterocycles. The summed E-state index contributed by atoms with van der Waals surface area (Å²) in [6.07, 6.45) is 10.9. The fourth-order valence-electron chi connectivity index (χ4n) is 10.8. The minimum atomic E-state index is -4.23. The Bertz CT molecular complexity index is 3280. The number of anilines is 5. The van der Waals surface area contributed by atoms with Gasteiger partial charge in [0.2, 0.25) is 5.09 Å². The predicted molar refractivity (Wildman–Crippen MR) is 355 cm³/mol. The molecule has 2 atom stereocenters. The van der Waals surface area contributed by atoms with Crippen LogP contribution in [-0.2, 0) is 15.6 Å². The van der Waals surface area contributed by atoms with Crippen molar-refractivity contribution in [1.82, 2.24) is 4.72 Å². The average molecular weight is 1180 g/mol. The highest BCUT2D eigenvalue weighted by Crippen LogP contribution is 2.47. The summed E-state index contributed by atoms with van der Waals surface area (Å²) in [5.74, 6) is 5.62. The maximum absolute atomic E-state index is 12.6. The number of hydrogen-bond donors (Lipinski definition) is 7. The molecule has 2 amide bonds. The van der Waals surface area contributed by atoms with Crippen molar-refractivity contribution in [2.24, 2.45) is 23.7 Å². The van der Waals surface area contributed by atoms with Gasteiger partial charge in [-0.25, -0.2) is 9.52 Å². The molecule has 4 aliphatic carbocycles. The van der Waals surface area contributed by atoms with Gasteiger partial charge in [-0.2, -0.15) is 8.42 Å². The molecular formula is C72H100N6O6S. The van der Waals surface area contributed by atoms with E-state index in [9.17, 15) is 23.1 Å². The molecule has 12 nitrogen and oxygen atoms in total. The largest absolute Gasteiger partial charge is 0.451 e. The number of hydrogen-bond acceptors (Lipinski definition) is 10. The fourth-order valence-corrected chi connectivity index (χ4v) is 11.7. The predicted octanol–water partition coefficient (Wildman–Crippen LogP) is 17.8. The SMILES string of the molecule is C=C(c1cccc(C(C)C)c1N)C1CC1.CC(C)c1cccc(C(=O)C2CC2)c1N.CC(C)c1cccc([C@@H](C)C2CC2)c1N.CC(C)c1cccc([C@@H](C)C2CC2)c1NC(=O)NS(=O)(=O)c1cc(C(C)(C)O)co1.CC(C)c1ccccc1N. The Morgan fingerprint density at radius 1 is 0.541 bits per heavy atom. The van der Waals surface area contributed by atoms with Crippen LogP contribution in [0.15, 0.2) is 125 Å². The first-order chi connectivity index (χ1) is 39.9. The molecule has 0 saturated heterocycles. The van der Waals surface area contributed by atoms with Crippen LogP contribution in [0, 0.1) is 23.7 Å². The second-order valence-electron chi connectivity index (χ2n) is 26.1. The molecular weight excluding hydrogens is 1080 g/mol. The van der Waals surface area contributed by atoms with E-state index in [0.717, 1.165) is 77.2 Å². The number of benzene rings is 5. The summed E-state index contributed by atoms with van der Waals surface area (Å²) < 4.78 is 32.3. The summed E-state index contributed by atoms with van der Waals surface area (Å²) >= 11 is 0. The number of allylic oxidation sites excluding steroid dienone is 1. The molecule has 0 bridgehead atoms. The summed E-state index contributed by atoms with van der Waals surface area (Å²) in [5, 5.41) is 12.3. The fraction of sp³-hybridized carbons (Fsp3) is 0.472. The highest BCUT2D eigenvalue weighted by atomic mass is 32.2. The van der Waals surface area contributed by atoms with Crippen LogP contribution in [0.5, 0.6) is 0 Å². The molecule has 0 radical (unpaired) electrons. The molecule has 0 spiro atoms. The van der Waals surface area contributed by atoms with Crippen molar-refractivity contribution in [2.45, 2.75) is 200 Å². The number of Topliss-reactive ketones (excluding diaryl/α,β-unsaturated/α-hetero) is 1. The highest BCUT2D eigenvalue weighted by Gasteiger charge is 2.34. The van der Waals surface area contributed by atoms with Gasteiger partial charge in [0.05, 0.1) is 11.9 Å². The average Bonchev–Trinajstić information content (AvgIpc) is 3.11. The van der Waals surface area contributed by atoms with Crippen molar-refractivity contribution >= 4 is 55.8 Å². The lowest BCUT2D eigenvalue weighted by Gasteiger charge is -2.22. The lowest BCUT2D eigenvalue weighted by molar-refractivity contribution is 0.0779. The smallest absolute Gasteiger partial charge is 0.333 e. The summed E-state index contributed by atoms with van der Waals surface area (Å²) in [6, 6.07) is 32.8. The van der Waals surface area contributed by atoms with Crippen molar-refractivity contribution < 1.29 is 27.5 Å². The number of carbonyl (C=O) groups excluding carboxylic acids is 2. The number of carbonyl (C=O) groups is 2. The summed E-state index contributed by atoms with van der Waals surface area (Å²) in [6.45, 7) is 32.9. The van der Waals surface area contributed by atoms with Gasteiger partial charge in [-0.05, 0) is 181 Å². The molecule has 10 rings (SSSR count). The Morgan fingerprint density at radius 3 is 1.40 bits per heavy atom. The number of urea groups is 1. The Morgan fingerprint density at radius 2 is 0.953 bits per heavy atom. The van der Waals surface area contributed by atoms with E-state index in [2.05, 4.69) is 124 Å². The van der Waals surface area contributed by atoms with Crippen LogP contribution in [0.3, 0.4) is 0 Å². The zero-order valence-corrected chi connectivity index (χ0v) is 54.1. The van der Waals surface area contributed by atoms with Crippen molar-refractivity contribution in [3.63, 3.8) is 0 Å². The van der Waals surface area contributed by atoms with E-state index in [0.29, 0.717) is 58.4 Å². The molecule has 0 unspecified atom stereocenters. The number of rotatable bonds is 17. The van der Waals surface area contributed by atoms with Crippen LogP contribution in [-0.4, -0.2) is 25.3 Å². The quantitative estimate of drug-likeness (QED) is 0.0337. The number of nitrogens with one attached hydrogen (secondary N) is 2. The maximum atomic E-state index is 12.6. The summed E-state index contributed by atoms with van der Waals surface area (Å²) in [5.41, 5.74) is 38.8. The highest BCUT2D eigenvalue weighted by molar-refractivity contribution is 7.89. The molecule has 4 fully saturated rings. The molecule has 11 N–H and O–H groups in total.